The maximum atomic E-state index is 11.2. The van der Waals surface area contributed by atoms with Crippen LogP contribution in [0.25, 0.3) is 0 Å². The van der Waals surface area contributed by atoms with Crippen LogP contribution in [0.4, 0.5) is 0 Å². The Hall–Kier alpha value is -1.02. The zero-order chi connectivity index (χ0) is 10.7. The summed E-state index contributed by atoms with van der Waals surface area (Å²) in [7, 11) is 0. The van der Waals surface area contributed by atoms with Gasteiger partial charge in [-0.25, -0.2) is 0 Å². The van der Waals surface area contributed by atoms with Crippen LogP contribution in [0.5, 0.6) is 5.75 Å². The molecule has 0 spiro atoms. The van der Waals surface area contributed by atoms with Crippen molar-refractivity contribution < 1.29 is 9.53 Å². The number of carbonyl (C=O) groups excluding carboxylic acids is 1. The Balaban J connectivity index is 3.26. The number of Topliss-reactive ketones (excluding diaryl/α,β-unsaturated/α-hetero) is 1. The van der Waals surface area contributed by atoms with Crippen LogP contribution >= 0.6 is 11.6 Å². The van der Waals surface area contributed by atoms with Crippen molar-refractivity contribution in [3.8, 4) is 5.75 Å². The predicted molar refractivity (Wildman–Crippen MR) is 57.4 cm³/mol. The second-order valence-electron chi connectivity index (χ2n) is 3.04. The second kappa shape index (κ2) is 4.47. The van der Waals surface area contributed by atoms with Crippen LogP contribution in [0.2, 0.25) is 5.02 Å². The van der Waals surface area contributed by atoms with Gasteiger partial charge in [0.2, 0.25) is 0 Å². The Morgan fingerprint density at radius 3 is 2.64 bits per heavy atom. The molecular weight excluding hydrogens is 200 g/mol. The summed E-state index contributed by atoms with van der Waals surface area (Å²) in [5.41, 5.74) is 1.48. The Morgan fingerprint density at radius 1 is 1.50 bits per heavy atom. The lowest BCUT2D eigenvalue weighted by Gasteiger charge is -2.11. The van der Waals surface area contributed by atoms with Crippen molar-refractivity contribution in [2.75, 3.05) is 6.61 Å². The monoisotopic (exact) mass is 212 g/mol. The summed E-state index contributed by atoms with van der Waals surface area (Å²) in [6.45, 7) is 5.80. The van der Waals surface area contributed by atoms with E-state index in [1.54, 1.807) is 12.1 Å². The molecule has 0 aliphatic carbocycles. The Bertz CT molecular complexity index is 359. The van der Waals surface area contributed by atoms with E-state index in [4.69, 9.17) is 16.3 Å². The van der Waals surface area contributed by atoms with E-state index in [1.165, 1.54) is 6.92 Å². The average molecular weight is 213 g/mol. The molecule has 0 saturated carbocycles. The summed E-state index contributed by atoms with van der Waals surface area (Å²) in [5, 5.41) is 0.550. The molecule has 14 heavy (non-hydrogen) atoms. The Morgan fingerprint density at radius 2 is 2.14 bits per heavy atom. The molecule has 0 saturated heterocycles. The quantitative estimate of drug-likeness (QED) is 0.719. The zero-order valence-corrected chi connectivity index (χ0v) is 9.31. The van der Waals surface area contributed by atoms with Crippen molar-refractivity contribution >= 4 is 17.4 Å². The Kier molecular flexibility index (Phi) is 3.53. The van der Waals surface area contributed by atoms with Gasteiger partial charge in [0.15, 0.2) is 5.78 Å². The highest BCUT2D eigenvalue weighted by Gasteiger charge is 2.11. The number of halogens is 1. The number of ether oxygens (including phenoxy) is 1. The van der Waals surface area contributed by atoms with Crippen molar-refractivity contribution in [3.63, 3.8) is 0 Å². The number of benzene rings is 1. The SMILES string of the molecule is CCOc1c(Cl)ccc(C(C)=O)c1C. The fourth-order valence-corrected chi connectivity index (χ4v) is 1.62. The molecule has 0 aromatic heterocycles. The molecule has 76 valence electrons. The standard InChI is InChI=1S/C11H13ClO2/c1-4-14-11-7(2)9(8(3)13)5-6-10(11)12/h5-6H,4H2,1-3H3. The summed E-state index contributed by atoms with van der Waals surface area (Å²) in [6.07, 6.45) is 0. The van der Waals surface area contributed by atoms with Gasteiger partial charge in [0, 0.05) is 11.1 Å². The summed E-state index contributed by atoms with van der Waals surface area (Å²) < 4.78 is 5.37. The lowest BCUT2D eigenvalue weighted by Crippen LogP contribution is -2.01. The van der Waals surface area contributed by atoms with Crippen molar-refractivity contribution in [2.24, 2.45) is 0 Å². The van der Waals surface area contributed by atoms with Gasteiger partial charge in [0.25, 0.3) is 0 Å². The molecule has 1 rings (SSSR count). The van der Waals surface area contributed by atoms with Crippen LogP contribution in [0.1, 0.15) is 29.8 Å². The molecule has 1 aromatic rings. The van der Waals surface area contributed by atoms with Crippen LogP contribution in [-0.4, -0.2) is 12.4 Å². The summed E-state index contributed by atoms with van der Waals surface area (Å²) in [6, 6.07) is 3.42. The van der Waals surface area contributed by atoms with Gasteiger partial charge in [0.05, 0.1) is 11.6 Å². The minimum Gasteiger partial charge on any atom is -0.492 e. The van der Waals surface area contributed by atoms with Gasteiger partial charge in [-0.2, -0.15) is 0 Å². The third kappa shape index (κ3) is 2.07. The van der Waals surface area contributed by atoms with E-state index in [2.05, 4.69) is 0 Å². The molecule has 0 aliphatic rings. The first kappa shape index (κ1) is 11.1. The van der Waals surface area contributed by atoms with Gasteiger partial charge in [-0.15, -0.1) is 0 Å². The molecule has 0 bridgehead atoms. The minimum absolute atomic E-state index is 0.0279. The van der Waals surface area contributed by atoms with E-state index in [0.29, 0.717) is 22.9 Å². The molecule has 0 fully saturated rings. The van der Waals surface area contributed by atoms with Crippen LogP contribution < -0.4 is 4.74 Å². The van der Waals surface area contributed by atoms with E-state index >= 15 is 0 Å². The smallest absolute Gasteiger partial charge is 0.160 e. The number of hydrogen-bond acceptors (Lipinski definition) is 2. The van der Waals surface area contributed by atoms with Gasteiger partial charge in [-0.05, 0) is 32.9 Å². The van der Waals surface area contributed by atoms with Crippen molar-refractivity contribution in [2.45, 2.75) is 20.8 Å². The Labute approximate surface area is 88.8 Å². The summed E-state index contributed by atoms with van der Waals surface area (Å²) in [4.78, 5) is 11.2. The van der Waals surface area contributed by atoms with Crippen molar-refractivity contribution in [1.82, 2.24) is 0 Å². The average Bonchev–Trinajstić information content (AvgIpc) is 2.11. The highest BCUT2D eigenvalue weighted by molar-refractivity contribution is 6.32. The van der Waals surface area contributed by atoms with Gasteiger partial charge >= 0.3 is 0 Å². The van der Waals surface area contributed by atoms with E-state index in [9.17, 15) is 4.79 Å². The molecule has 0 aliphatic heterocycles. The van der Waals surface area contributed by atoms with Crippen LogP contribution in [-0.2, 0) is 0 Å². The van der Waals surface area contributed by atoms with Crippen LogP contribution in [0, 0.1) is 6.92 Å². The molecule has 0 unspecified atom stereocenters. The molecular formula is C11H13ClO2. The second-order valence-corrected chi connectivity index (χ2v) is 3.45. The topological polar surface area (TPSA) is 26.3 Å². The fraction of sp³-hybridized carbons (Fsp3) is 0.364. The number of hydrogen-bond donors (Lipinski definition) is 0. The first-order valence-electron chi connectivity index (χ1n) is 4.50. The van der Waals surface area contributed by atoms with Gasteiger partial charge in [-0.1, -0.05) is 11.6 Å². The van der Waals surface area contributed by atoms with E-state index < -0.39 is 0 Å². The molecule has 2 nitrogen and oxygen atoms in total. The fourth-order valence-electron chi connectivity index (χ4n) is 1.36. The number of rotatable bonds is 3. The maximum Gasteiger partial charge on any atom is 0.160 e. The van der Waals surface area contributed by atoms with Crippen molar-refractivity contribution in [3.05, 3.63) is 28.3 Å². The van der Waals surface area contributed by atoms with Crippen molar-refractivity contribution in [1.29, 1.82) is 0 Å². The molecule has 0 amide bonds. The van der Waals surface area contributed by atoms with E-state index in [-0.39, 0.29) is 5.78 Å². The summed E-state index contributed by atoms with van der Waals surface area (Å²) >= 11 is 5.95. The lowest BCUT2D eigenvalue weighted by molar-refractivity contribution is 0.101. The highest BCUT2D eigenvalue weighted by atomic mass is 35.5. The molecule has 1 aromatic carbocycles. The van der Waals surface area contributed by atoms with Crippen LogP contribution in [0.15, 0.2) is 12.1 Å². The third-order valence-corrected chi connectivity index (χ3v) is 2.32. The zero-order valence-electron chi connectivity index (χ0n) is 8.56. The van der Waals surface area contributed by atoms with Gasteiger partial charge < -0.3 is 4.74 Å². The predicted octanol–water partition coefficient (Wildman–Crippen LogP) is 3.25. The van der Waals surface area contributed by atoms with E-state index in [1.807, 2.05) is 13.8 Å². The van der Waals surface area contributed by atoms with Crippen LogP contribution in [0.3, 0.4) is 0 Å². The number of carbonyl (C=O) groups is 1. The largest absolute Gasteiger partial charge is 0.492 e. The van der Waals surface area contributed by atoms with Gasteiger partial charge in [0.1, 0.15) is 5.75 Å². The highest BCUT2D eigenvalue weighted by Crippen LogP contribution is 2.30. The normalized spacial score (nSPS) is 10.0. The first-order chi connectivity index (χ1) is 6.57. The maximum absolute atomic E-state index is 11.2. The molecule has 0 atom stereocenters. The van der Waals surface area contributed by atoms with E-state index in [0.717, 1.165) is 5.56 Å². The minimum atomic E-state index is 0.0279. The third-order valence-electron chi connectivity index (χ3n) is 2.03. The summed E-state index contributed by atoms with van der Waals surface area (Å²) in [5.74, 6) is 0.641. The molecule has 0 radical (unpaired) electrons. The molecule has 3 heteroatoms. The lowest BCUT2D eigenvalue weighted by atomic mass is 10.0. The van der Waals surface area contributed by atoms with Gasteiger partial charge in [-0.3, -0.25) is 4.79 Å². The molecule has 0 heterocycles. The number of ketones is 1. The molecule has 0 N–H and O–H groups in total. The first-order valence-corrected chi connectivity index (χ1v) is 4.88.